The van der Waals surface area contributed by atoms with Gasteiger partial charge in [0.1, 0.15) is 0 Å². The minimum atomic E-state index is -0.520. The van der Waals surface area contributed by atoms with E-state index < -0.39 is 6.04 Å². The Labute approximate surface area is 101 Å². The van der Waals surface area contributed by atoms with Crippen LogP contribution in [0.25, 0.3) is 0 Å². The number of aromatic nitrogens is 2. The summed E-state index contributed by atoms with van der Waals surface area (Å²) in [6.07, 6.45) is 0.861. The molecule has 1 heterocycles. The first-order valence-electron chi connectivity index (χ1n) is 5.64. The Morgan fingerprint density at radius 3 is 2.82 bits per heavy atom. The number of nitrogens with two attached hydrogens (primary N) is 1. The van der Waals surface area contributed by atoms with Gasteiger partial charge in [0.05, 0.1) is 13.2 Å². The molecule has 0 radical (unpaired) electrons. The molecular weight excluding hydrogens is 220 g/mol. The minimum absolute atomic E-state index is 0.139. The summed E-state index contributed by atoms with van der Waals surface area (Å²) in [6, 6.07) is 1.13. The van der Waals surface area contributed by atoms with Gasteiger partial charge in [-0.2, -0.15) is 5.10 Å². The van der Waals surface area contributed by atoms with Crippen LogP contribution in [0.3, 0.4) is 0 Å². The Morgan fingerprint density at radius 1 is 1.71 bits per heavy atom. The number of nitrogens with one attached hydrogen (secondary N) is 1. The molecule has 1 aromatic heterocycles. The average Bonchev–Trinajstić information content (AvgIpc) is 2.67. The third kappa shape index (κ3) is 3.20. The van der Waals surface area contributed by atoms with Gasteiger partial charge in [0.15, 0.2) is 5.82 Å². The summed E-state index contributed by atoms with van der Waals surface area (Å²) >= 11 is 0. The molecule has 0 spiro atoms. The molecule has 1 rings (SSSR count). The normalized spacial score (nSPS) is 14.2. The van der Waals surface area contributed by atoms with E-state index >= 15 is 0 Å². The third-order valence-corrected chi connectivity index (χ3v) is 2.86. The molecule has 0 fully saturated rings. The Balaban J connectivity index is 2.67. The number of nitrogens with zero attached hydrogens (tertiary/aromatic N) is 2. The number of hydrogen-bond acceptors (Lipinski definition) is 4. The Hall–Kier alpha value is -1.56. The van der Waals surface area contributed by atoms with Crippen molar-refractivity contribution in [2.24, 2.45) is 18.7 Å². The van der Waals surface area contributed by atoms with Crippen LogP contribution in [-0.2, 0) is 11.8 Å². The van der Waals surface area contributed by atoms with Crippen LogP contribution in [0.1, 0.15) is 20.3 Å². The number of carbonyl (C=O) groups is 1. The van der Waals surface area contributed by atoms with Gasteiger partial charge in [-0.05, 0) is 5.92 Å². The van der Waals surface area contributed by atoms with Crippen LogP contribution in [-0.4, -0.2) is 28.8 Å². The van der Waals surface area contributed by atoms with Gasteiger partial charge in [0.25, 0.3) is 0 Å². The number of rotatable bonds is 5. The highest BCUT2D eigenvalue weighted by Gasteiger charge is 2.20. The van der Waals surface area contributed by atoms with Crippen molar-refractivity contribution in [3.63, 3.8) is 0 Å². The number of aryl methyl sites for hydroxylation is 1. The summed E-state index contributed by atoms with van der Waals surface area (Å²) in [5.74, 6) is 0.950. The van der Waals surface area contributed by atoms with Gasteiger partial charge in [-0.1, -0.05) is 20.3 Å². The van der Waals surface area contributed by atoms with E-state index in [0.717, 1.165) is 6.42 Å². The molecule has 0 saturated carbocycles. The van der Waals surface area contributed by atoms with Crippen molar-refractivity contribution in [1.82, 2.24) is 9.78 Å². The van der Waals surface area contributed by atoms with Gasteiger partial charge in [0.2, 0.25) is 11.8 Å². The number of ether oxygens (including phenoxy) is 1. The summed E-state index contributed by atoms with van der Waals surface area (Å²) in [4.78, 5) is 11.8. The molecule has 0 aliphatic rings. The third-order valence-electron chi connectivity index (χ3n) is 2.86. The van der Waals surface area contributed by atoms with Crippen molar-refractivity contribution in [3.8, 4) is 5.88 Å². The van der Waals surface area contributed by atoms with Gasteiger partial charge >= 0.3 is 0 Å². The number of anilines is 1. The first kappa shape index (κ1) is 13.5. The lowest BCUT2D eigenvalue weighted by Gasteiger charge is -2.16. The summed E-state index contributed by atoms with van der Waals surface area (Å²) in [5.41, 5.74) is 5.82. The molecule has 0 aromatic carbocycles. The Bertz CT molecular complexity index is 389. The monoisotopic (exact) mass is 240 g/mol. The fourth-order valence-electron chi connectivity index (χ4n) is 1.42. The summed E-state index contributed by atoms with van der Waals surface area (Å²) in [5, 5.41) is 6.77. The van der Waals surface area contributed by atoms with Crippen molar-refractivity contribution < 1.29 is 9.53 Å². The molecule has 3 N–H and O–H groups in total. The van der Waals surface area contributed by atoms with E-state index in [0.29, 0.717) is 11.7 Å². The number of carbonyl (C=O) groups excluding carboxylic acids is 1. The second-order valence-corrected chi connectivity index (χ2v) is 4.10. The largest absolute Gasteiger partial charge is 0.481 e. The molecule has 1 aromatic rings. The molecule has 6 nitrogen and oxygen atoms in total. The van der Waals surface area contributed by atoms with Crippen molar-refractivity contribution >= 4 is 11.7 Å². The molecule has 0 aliphatic heterocycles. The zero-order valence-electron chi connectivity index (χ0n) is 10.7. The highest BCUT2D eigenvalue weighted by atomic mass is 16.5. The van der Waals surface area contributed by atoms with Crippen LogP contribution >= 0.6 is 0 Å². The van der Waals surface area contributed by atoms with E-state index in [1.165, 1.54) is 0 Å². The van der Waals surface area contributed by atoms with Gasteiger partial charge in [0, 0.05) is 13.1 Å². The molecular formula is C11H20N4O2. The number of amides is 1. The molecule has 0 saturated heterocycles. The van der Waals surface area contributed by atoms with E-state index in [4.69, 9.17) is 10.5 Å². The van der Waals surface area contributed by atoms with E-state index in [1.807, 2.05) is 13.8 Å². The lowest BCUT2D eigenvalue weighted by atomic mass is 9.99. The highest BCUT2D eigenvalue weighted by Crippen LogP contribution is 2.16. The lowest BCUT2D eigenvalue weighted by molar-refractivity contribution is -0.118. The number of hydrogen-bond donors (Lipinski definition) is 2. The van der Waals surface area contributed by atoms with E-state index in [9.17, 15) is 4.79 Å². The molecule has 1 amide bonds. The van der Waals surface area contributed by atoms with Crippen LogP contribution < -0.4 is 15.8 Å². The maximum Gasteiger partial charge on any atom is 0.242 e. The molecule has 17 heavy (non-hydrogen) atoms. The molecule has 0 aliphatic carbocycles. The Kier molecular flexibility index (Phi) is 4.51. The predicted octanol–water partition coefficient (Wildman–Crippen LogP) is 0.741. The fourth-order valence-corrected chi connectivity index (χ4v) is 1.42. The fraction of sp³-hybridized carbons (Fsp3) is 0.636. The highest BCUT2D eigenvalue weighted by molar-refractivity contribution is 5.94. The zero-order valence-corrected chi connectivity index (χ0v) is 10.7. The lowest BCUT2D eigenvalue weighted by Crippen LogP contribution is -2.40. The summed E-state index contributed by atoms with van der Waals surface area (Å²) in [7, 11) is 3.29. The van der Waals surface area contributed by atoms with Crippen LogP contribution in [0, 0.1) is 5.92 Å². The quantitative estimate of drug-likeness (QED) is 0.795. The van der Waals surface area contributed by atoms with Gasteiger partial charge < -0.3 is 15.8 Å². The Morgan fingerprint density at radius 2 is 2.35 bits per heavy atom. The van der Waals surface area contributed by atoms with Crippen molar-refractivity contribution in [3.05, 3.63) is 6.07 Å². The SMILES string of the molecule is CCC(C)[C@H](N)C(=O)Nc1cc(OC)n(C)n1. The second kappa shape index (κ2) is 5.67. The topological polar surface area (TPSA) is 82.2 Å². The van der Waals surface area contributed by atoms with E-state index in [2.05, 4.69) is 10.4 Å². The van der Waals surface area contributed by atoms with Crippen LogP contribution in [0.5, 0.6) is 5.88 Å². The first-order valence-corrected chi connectivity index (χ1v) is 5.64. The van der Waals surface area contributed by atoms with E-state index in [-0.39, 0.29) is 11.8 Å². The van der Waals surface area contributed by atoms with Crippen molar-refractivity contribution in [2.75, 3.05) is 12.4 Å². The molecule has 1 unspecified atom stereocenters. The van der Waals surface area contributed by atoms with Crippen molar-refractivity contribution in [1.29, 1.82) is 0 Å². The standard InChI is InChI=1S/C11H20N4O2/c1-5-7(2)10(12)11(16)13-8-6-9(17-4)15(3)14-8/h6-7,10H,5,12H2,1-4H3,(H,13,14,16)/t7?,10-/m0/s1. The van der Waals surface area contributed by atoms with Gasteiger partial charge in [-0.25, -0.2) is 4.68 Å². The first-order chi connectivity index (χ1) is 7.99. The van der Waals surface area contributed by atoms with Crippen molar-refractivity contribution in [2.45, 2.75) is 26.3 Å². The maximum absolute atomic E-state index is 11.8. The molecule has 6 heteroatoms. The second-order valence-electron chi connectivity index (χ2n) is 4.10. The van der Waals surface area contributed by atoms with Gasteiger partial charge in [-0.15, -0.1) is 0 Å². The smallest absolute Gasteiger partial charge is 0.242 e. The summed E-state index contributed by atoms with van der Waals surface area (Å²) < 4.78 is 6.60. The van der Waals surface area contributed by atoms with E-state index in [1.54, 1.807) is 24.9 Å². The summed E-state index contributed by atoms with van der Waals surface area (Å²) in [6.45, 7) is 3.95. The predicted molar refractivity (Wildman–Crippen MR) is 65.8 cm³/mol. The van der Waals surface area contributed by atoms with Crippen LogP contribution in [0.15, 0.2) is 6.07 Å². The zero-order chi connectivity index (χ0) is 13.0. The maximum atomic E-state index is 11.8. The number of methoxy groups -OCH3 is 1. The van der Waals surface area contributed by atoms with Gasteiger partial charge in [-0.3, -0.25) is 4.79 Å². The molecule has 2 atom stereocenters. The van der Waals surface area contributed by atoms with Crippen LogP contribution in [0.2, 0.25) is 0 Å². The molecule has 96 valence electrons. The van der Waals surface area contributed by atoms with Crippen LogP contribution in [0.4, 0.5) is 5.82 Å². The molecule has 0 bridgehead atoms. The minimum Gasteiger partial charge on any atom is -0.481 e. The average molecular weight is 240 g/mol.